The summed E-state index contributed by atoms with van der Waals surface area (Å²) in [5.74, 6) is 3.57. The van der Waals surface area contributed by atoms with E-state index in [1.807, 2.05) is 13.8 Å². The van der Waals surface area contributed by atoms with E-state index < -0.39 is 0 Å². The molecule has 14 heavy (non-hydrogen) atoms. The first-order chi connectivity index (χ1) is 6.77. The van der Waals surface area contributed by atoms with E-state index in [0.717, 1.165) is 31.0 Å². The van der Waals surface area contributed by atoms with Gasteiger partial charge in [-0.2, -0.15) is 0 Å². The largest absolute Gasteiger partial charge is 0.353 e. The average molecular weight is 198 g/mol. The second-order valence-corrected chi connectivity index (χ2v) is 4.72. The normalized spacial score (nSPS) is 40.3. The van der Waals surface area contributed by atoms with Gasteiger partial charge < -0.3 is 9.47 Å². The second-order valence-electron chi connectivity index (χ2n) is 4.72. The second kappa shape index (κ2) is 4.19. The van der Waals surface area contributed by atoms with Crippen molar-refractivity contribution < 1.29 is 9.47 Å². The van der Waals surface area contributed by atoms with Crippen LogP contribution in [-0.2, 0) is 9.47 Å². The van der Waals surface area contributed by atoms with Crippen LogP contribution in [0, 0.1) is 23.7 Å². The molecule has 2 nitrogen and oxygen atoms in total. The molecule has 2 aliphatic rings. The van der Waals surface area contributed by atoms with Crippen LogP contribution in [0.15, 0.2) is 0 Å². The fourth-order valence-corrected chi connectivity index (χ4v) is 2.61. The van der Waals surface area contributed by atoms with Crippen molar-refractivity contribution in [1.82, 2.24) is 0 Å². The van der Waals surface area contributed by atoms with E-state index in [2.05, 4.69) is 6.92 Å². The maximum absolute atomic E-state index is 5.63. The molecule has 0 saturated heterocycles. The lowest BCUT2D eigenvalue weighted by atomic mass is 10.2. The minimum atomic E-state index is 0.0859. The van der Waals surface area contributed by atoms with Gasteiger partial charge >= 0.3 is 0 Å². The van der Waals surface area contributed by atoms with E-state index >= 15 is 0 Å². The summed E-state index contributed by atoms with van der Waals surface area (Å²) >= 11 is 0. The van der Waals surface area contributed by atoms with Crippen LogP contribution in [0.1, 0.15) is 33.6 Å². The Morgan fingerprint density at radius 1 is 1.07 bits per heavy atom. The molecule has 4 atom stereocenters. The van der Waals surface area contributed by atoms with Gasteiger partial charge in [0.15, 0.2) is 6.29 Å². The van der Waals surface area contributed by atoms with Gasteiger partial charge in [0.05, 0.1) is 0 Å². The minimum Gasteiger partial charge on any atom is -0.353 e. The van der Waals surface area contributed by atoms with Crippen LogP contribution in [0.5, 0.6) is 0 Å². The number of hydrogen-bond acceptors (Lipinski definition) is 2. The molecule has 0 amide bonds. The molecule has 0 aromatic carbocycles. The summed E-state index contributed by atoms with van der Waals surface area (Å²) in [6.07, 6.45) is 2.86. The average Bonchev–Trinajstić information content (AvgIpc) is 2.99. The smallest absolute Gasteiger partial charge is 0.160 e. The van der Waals surface area contributed by atoms with Crippen molar-refractivity contribution in [2.24, 2.45) is 23.7 Å². The van der Waals surface area contributed by atoms with E-state index in [1.54, 1.807) is 0 Å². The van der Waals surface area contributed by atoms with E-state index in [-0.39, 0.29) is 6.29 Å². The molecular formula is C12H22O2. The highest BCUT2D eigenvalue weighted by atomic mass is 16.7. The lowest BCUT2D eigenvalue weighted by molar-refractivity contribution is -0.151. The first-order valence-electron chi connectivity index (χ1n) is 6.01. The molecule has 0 heterocycles. The van der Waals surface area contributed by atoms with Crippen molar-refractivity contribution in [2.45, 2.75) is 39.9 Å². The predicted molar refractivity (Wildman–Crippen MR) is 55.9 cm³/mol. The topological polar surface area (TPSA) is 18.5 Å². The molecule has 0 aliphatic heterocycles. The fraction of sp³-hybridized carbons (Fsp3) is 1.00. The van der Waals surface area contributed by atoms with Crippen molar-refractivity contribution >= 4 is 0 Å². The molecular weight excluding hydrogens is 176 g/mol. The minimum absolute atomic E-state index is 0.0859. The summed E-state index contributed by atoms with van der Waals surface area (Å²) < 4.78 is 11.3. The van der Waals surface area contributed by atoms with Crippen molar-refractivity contribution in [2.75, 3.05) is 13.2 Å². The van der Waals surface area contributed by atoms with Crippen LogP contribution in [0.4, 0.5) is 0 Å². The van der Waals surface area contributed by atoms with Gasteiger partial charge in [0, 0.05) is 19.1 Å². The van der Waals surface area contributed by atoms with E-state index in [1.165, 1.54) is 12.8 Å². The molecule has 0 aromatic heterocycles. The first-order valence-corrected chi connectivity index (χ1v) is 6.01. The van der Waals surface area contributed by atoms with Crippen molar-refractivity contribution in [3.05, 3.63) is 0 Å². The molecule has 2 fully saturated rings. The summed E-state index contributed by atoms with van der Waals surface area (Å²) in [6, 6.07) is 0. The van der Waals surface area contributed by atoms with E-state index in [0.29, 0.717) is 5.92 Å². The SMILES string of the molecule is CCOC(OCC)C1CC1C1CC1C. The standard InChI is InChI=1S/C12H22O2/c1-4-13-12(14-5-2)11-7-10(11)9-6-8(9)3/h8-12H,4-7H2,1-3H3. The van der Waals surface area contributed by atoms with Gasteiger partial charge in [0.25, 0.3) is 0 Å². The lowest BCUT2D eigenvalue weighted by Gasteiger charge is -2.16. The molecule has 2 heteroatoms. The Balaban J connectivity index is 1.76. The Hall–Kier alpha value is -0.0800. The van der Waals surface area contributed by atoms with Crippen molar-refractivity contribution in [1.29, 1.82) is 0 Å². The quantitative estimate of drug-likeness (QED) is 0.611. The maximum Gasteiger partial charge on any atom is 0.160 e. The third kappa shape index (κ3) is 2.12. The third-order valence-electron chi connectivity index (χ3n) is 3.62. The van der Waals surface area contributed by atoms with Gasteiger partial charge in [-0.15, -0.1) is 0 Å². The number of ether oxygens (including phenoxy) is 2. The van der Waals surface area contributed by atoms with Crippen LogP contribution < -0.4 is 0 Å². The zero-order valence-corrected chi connectivity index (χ0v) is 9.53. The summed E-state index contributed by atoms with van der Waals surface area (Å²) in [5, 5.41) is 0. The predicted octanol–water partition coefficient (Wildman–Crippen LogP) is 2.68. The van der Waals surface area contributed by atoms with Gasteiger partial charge in [0.2, 0.25) is 0 Å². The molecule has 0 radical (unpaired) electrons. The van der Waals surface area contributed by atoms with Crippen LogP contribution in [0.25, 0.3) is 0 Å². The number of rotatable bonds is 6. The molecule has 0 N–H and O–H groups in total. The Bertz CT molecular complexity index is 187. The molecule has 0 bridgehead atoms. The summed E-state index contributed by atoms with van der Waals surface area (Å²) in [7, 11) is 0. The highest BCUT2D eigenvalue weighted by Crippen LogP contribution is 2.59. The van der Waals surface area contributed by atoms with Crippen molar-refractivity contribution in [3.8, 4) is 0 Å². The molecule has 0 aromatic rings. The highest BCUT2D eigenvalue weighted by Gasteiger charge is 2.54. The molecule has 4 unspecified atom stereocenters. The summed E-state index contributed by atoms with van der Waals surface area (Å²) in [5.41, 5.74) is 0. The van der Waals surface area contributed by atoms with Gasteiger partial charge in [-0.25, -0.2) is 0 Å². The van der Waals surface area contributed by atoms with Crippen LogP contribution in [0.2, 0.25) is 0 Å². The van der Waals surface area contributed by atoms with Crippen LogP contribution in [0.3, 0.4) is 0 Å². The lowest BCUT2D eigenvalue weighted by Crippen LogP contribution is -2.21. The Kier molecular flexibility index (Phi) is 3.13. The molecule has 82 valence electrons. The van der Waals surface area contributed by atoms with Gasteiger partial charge in [-0.05, 0) is 44.4 Å². The Morgan fingerprint density at radius 2 is 1.64 bits per heavy atom. The third-order valence-corrected chi connectivity index (χ3v) is 3.62. The van der Waals surface area contributed by atoms with Gasteiger partial charge in [0.1, 0.15) is 0 Å². The van der Waals surface area contributed by atoms with Crippen LogP contribution in [-0.4, -0.2) is 19.5 Å². The highest BCUT2D eigenvalue weighted by molar-refractivity contribution is 5.01. The van der Waals surface area contributed by atoms with E-state index in [4.69, 9.17) is 9.47 Å². The maximum atomic E-state index is 5.63. The number of hydrogen-bond donors (Lipinski definition) is 0. The summed E-state index contributed by atoms with van der Waals surface area (Å²) in [4.78, 5) is 0. The molecule has 2 aliphatic carbocycles. The van der Waals surface area contributed by atoms with Crippen molar-refractivity contribution in [3.63, 3.8) is 0 Å². The zero-order valence-electron chi connectivity index (χ0n) is 9.53. The molecule has 2 saturated carbocycles. The molecule has 2 rings (SSSR count). The Morgan fingerprint density at radius 3 is 2.07 bits per heavy atom. The monoisotopic (exact) mass is 198 g/mol. The van der Waals surface area contributed by atoms with E-state index in [9.17, 15) is 0 Å². The Labute approximate surface area is 87.0 Å². The van der Waals surface area contributed by atoms with Gasteiger partial charge in [-0.3, -0.25) is 0 Å². The molecule has 0 spiro atoms. The van der Waals surface area contributed by atoms with Crippen LogP contribution >= 0.6 is 0 Å². The fourth-order valence-electron chi connectivity index (χ4n) is 2.61. The summed E-state index contributed by atoms with van der Waals surface area (Å²) in [6.45, 7) is 7.99. The zero-order chi connectivity index (χ0) is 10.1. The first kappa shape index (κ1) is 10.4. The van der Waals surface area contributed by atoms with Gasteiger partial charge in [-0.1, -0.05) is 6.92 Å².